The third-order valence-electron chi connectivity index (χ3n) is 4.19. The Balaban J connectivity index is 1.93. The molecule has 0 aliphatic heterocycles. The Labute approximate surface area is 126 Å². The molecule has 21 heavy (non-hydrogen) atoms. The lowest BCUT2D eigenvalue weighted by molar-refractivity contribution is -0.135. The lowest BCUT2D eigenvalue weighted by Gasteiger charge is -2.25. The van der Waals surface area contributed by atoms with Crippen LogP contribution in [0.2, 0.25) is 0 Å². The van der Waals surface area contributed by atoms with Crippen LogP contribution in [0.1, 0.15) is 38.2 Å². The molecule has 4 heteroatoms. The number of amides is 1. The Hall–Kier alpha value is -1.42. The highest BCUT2D eigenvalue weighted by Crippen LogP contribution is 2.26. The zero-order valence-corrected chi connectivity index (χ0v) is 12.7. The molecule has 3 nitrogen and oxygen atoms in total. The van der Waals surface area contributed by atoms with E-state index in [0.29, 0.717) is 13.0 Å². The van der Waals surface area contributed by atoms with E-state index in [1.54, 1.807) is 12.1 Å². The molecule has 116 valence electrons. The summed E-state index contributed by atoms with van der Waals surface area (Å²) in [5, 5.41) is 0. The van der Waals surface area contributed by atoms with E-state index in [9.17, 15) is 9.18 Å². The molecule has 1 amide bonds. The van der Waals surface area contributed by atoms with Crippen molar-refractivity contribution in [2.45, 2.75) is 45.1 Å². The number of rotatable bonds is 6. The molecule has 0 saturated heterocycles. The van der Waals surface area contributed by atoms with Gasteiger partial charge in [-0.15, -0.1) is 0 Å². The fourth-order valence-corrected chi connectivity index (χ4v) is 3.06. The van der Waals surface area contributed by atoms with E-state index in [4.69, 9.17) is 5.73 Å². The maximum absolute atomic E-state index is 13.2. The van der Waals surface area contributed by atoms with Gasteiger partial charge in [0.25, 0.3) is 0 Å². The number of hydrogen-bond donors (Lipinski definition) is 1. The van der Waals surface area contributed by atoms with Crippen molar-refractivity contribution in [1.82, 2.24) is 4.90 Å². The largest absolute Gasteiger partial charge is 0.342 e. The third-order valence-corrected chi connectivity index (χ3v) is 4.19. The maximum Gasteiger partial charge on any atom is 0.225 e. The molecule has 0 spiro atoms. The lowest BCUT2D eigenvalue weighted by Crippen LogP contribution is -2.38. The van der Waals surface area contributed by atoms with E-state index in [1.807, 2.05) is 11.0 Å². The van der Waals surface area contributed by atoms with Gasteiger partial charge in [0, 0.05) is 25.0 Å². The third kappa shape index (κ3) is 4.53. The summed E-state index contributed by atoms with van der Waals surface area (Å²) in [7, 11) is 0. The first-order valence-corrected chi connectivity index (χ1v) is 7.89. The van der Waals surface area contributed by atoms with Crippen LogP contribution in [0.25, 0.3) is 0 Å². The molecular weight excluding hydrogens is 267 g/mol. The van der Waals surface area contributed by atoms with Crippen LogP contribution in [0.15, 0.2) is 24.3 Å². The molecule has 1 aliphatic rings. The molecule has 0 radical (unpaired) electrons. The second-order valence-corrected chi connectivity index (χ2v) is 5.98. The number of carbonyl (C=O) groups is 1. The van der Waals surface area contributed by atoms with Gasteiger partial charge in [-0.3, -0.25) is 4.79 Å². The quantitative estimate of drug-likeness (QED) is 0.876. The molecule has 0 bridgehead atoms. The number of benzene rings is 1. The van der Waals surface area contributed by atoms with Gasteiger partial charge in [0.15, 0.2) is 0 Å². The van der Waals surface area contributed by atoms with Crippen LogP contribution >= 0.6 is 0 Å². The second-order valence-electron chi connectivity index (χ2n) is 5.98. The van der Waals surface area contributed by atoms with Crippen LogP contribution in [0, 0.1) is 11.7 Å². The lowest BCUT2D eigenvalue weighted by atomic mass is 10.1. The molecule has 0 heterocycles. The van der Waals surface area contributed by atoms with Crippen LogP contribution in [0.5, 0.6) is 0 Å². The Kier molecular flexibility index (Phi) is 5.74. The molecule has 1 aromatic rings. The predicted octanol–water partition coefficient (Wildman–Crippen LogP) is 2.73. The molecule has 1 saturated carbocycles. The van der Waals surface area contributed by atoms with Crippen molar-refractivity contribution < 1.29 is 9.18 Å². The van der Waals surface area contributed by atoms with Crippen molar-refractivity contribution in [3.05, 3.63) is 35.6 Å². The molecule has 1 aromatic carbocycles. The van der Waals surface area contributed by atoms with E-state index in [-0.39, 0.29) is 23.7 Å². The van der Waals surface area contributed by atoms with Crippen LogP contribution in [0.4, 0.5) is 4.39 Å². The molecule has 1 aliphatic carbocycles. The van der Waals surface area contributed by atoms with Gasteiger partial charge in [-0.2, -0.15) is 0 Å². The Bertz CT molecular complexity index is 478. The van der Waals surface area contributed by atoms with Gasteiger partial charge in [-0.25, -0.2) is 4.39 Å². The highest BCUT2D eigenvalue weighted by molar-refractivity contribution is 5.79. The zero-order valence-electron chi connectivity index (χ0n) is 12.7. The second kappa shape index (κ2) is 7.55. The van der Waals surface area contributed by atoms with Crippen molar-refractivity contribution in [1.29, 1.82) is 0 Å². The fourth-order valence-electron chi connectivity index (χ4n) is 3.06. The van der Waals surface area contributed by atoms with E-state index >= 15 is 0 Å². The maximum atomic E-state index is 13.2. The predicted molar refractivity (Wildman–Crippen MR) is 82.3 cm³/mol. The highest BCUT2D eigenvalue weighted by atomic mass is 19.1. The molecular formula is C17H25FN2O. The molecule has 0 aromatic heterocycles. The van der Waals surface area contributed by atoms with Crippen LogP contribution in [-0.2, 0) is 11.2 Å². The first-order valence-electron chi connectivity index (χ1n) is 7.89. The van der Waals surface area contributed by atoms with E-state index in [0.717, 1.165) is 37.8 Å². The number of nitrogens with two attached hydrogens (primary N) is 1. The van der Waals surface area contributed by atoms with Gasteiger partial charge < -0.3 is 10.6 Å². The van der Waals surface area contributed by atoms with Gasteiger partial charge in [-0.05, 0) is 49.8 Å². The van der Waals surface area contributed by atoms with Gasteiger partial charge in [0.05, 0.1) is 0 Å². The summed E-state index contributed by atoms with van der Waals surface area (Å²) in [5.41, 5.74) is 6.84. The summed E-state index contributed by atoms with van der Waals surface area (Å²) in [6.45, 7) is 3.49. The van der Waals surface area contributed by atoms with Crippen LogP contribution in [-0.4, -0.2) is 29.9 Å². The SMILES string of the molecule is CCCN(CCc1cccc(F)c1)C(=O)C1CCC(N)C1. The van der Waals surface area contributed by atoms with E-state index < -0.39 is 0 Å². The van der Waals surface area contributed by atoms with Crippen LogP contribution in [0.3, 0.4) is 0 Å². The number of carbonyl (C=O) groups excluding carboxylic acids is 1. The summed E-state index contributed by atoms with van der Waals surface area (Å²) in [4.78, 5) is 14.5. The monoisotopic (exact) mass is 292 g/mol. The summed E-state index contributed by atoms with van der Waals surface area (Å²) in [6.07, 6.45) is 4.29. The highest BCUT2D eigenvalue weighted by Gasteiger charge is 2.30. The van der Waals surface area contributed by atoms with Crippen molar-refractivity contribution in [3.63, 3.8) is 0 Å². The summed E-state index contributed by atoms with van der Waals surface area (Å²) < 4.78 is 13.2. The smallest absolute Gasteiger partial charge is 0.225 e. The summed E-state index contributed by atoms with van der Waals surface area (Å²) >= 11 is 0. The van der Waals surface area contributed by atoms with Crippen molar-refractivity contribution in [3.8, 4) is 0 Å². The summed E-state index contributed by atoms with van der Waals surface area (Å²) in [6, 6.07) is 6.78. The minimum Gasteiger partial charge on any atom is -0.342 e. The molecule has 1 fully saturated rings. The zero-order chi connectivity index (χ0) is 15.2. The van der Waals surface area contributed by atoms with Crippen LogP contribution < -0.4 is 5.73 Å². The molecule has 2 N–H and O–H groups in total. The first kappa shape index (κ1) is 16.0. The normalized spacial score (nSPS) is 21.5. The van der Waals surface area contributed by atoms with Crippen molar-refractivity contribution in [2.75, 3.05) is 13.1 Å². The minimum absolute atomic E-state index is 0.0825. The number of halogens is 1. The van der Waals surface area contributed by atoms with Gasteiger partial charge in [0.1, 0.15) is 5.82 Å². The Morgan fingerprint density at radius 1 is 1.38 bits per heavy atom. The van der Waals surface area contributed by atoms with Gasteiger partial charge in [-0.1, -0.05) is 19.1 Å². The summed E-state index contributed by atoms with van der Waals surface area (Å²) in [5.74, 6) is 0.0860. The first-order chi connectivity index (χ1) is 10.1. The fraction of sp³-hybridized carbons (Fsp3) is 0.588. The average molecular weight is 292 g/mol. The van der Waals surface area contributed by atoms with Gasteiger partial charge in [0.2, 0.25) is 5.91 Å². The molecule has 2 atom stereocenters. The Morgan fingerprint density at radius 3 is 2.81 bits per heavy atom. The standard InChI is InChI=1S/C17H25FN2O/c1-2-9-20(17(21)14-6-7-16(19)12-14)10-8-13-4-3-5-15(18)11-13/h3-5,11,14,16H,2,6-10,12,19H2,1H3. The number of nitrogens with zero attached hydrogens (tertiary/aromatic N) is 1. The van der Waals surface area contributed by atoms with E-state index in [2.05, 4.69) is 6.92 Å². The molecule has 2 unspecified atom stereocenters. The minimum atomic E-state index is -0.220. The average Bonchev–Trinajstić information content (AvgIpc) is 2.89. The van der Waals surface area contributed by atoms with Crippen molar-refractivity contribution in [2.24, 2.45) is 11.7 Å². The Morgan fingerprint density at radius 2 is 2.19 bits per heavy atom. The van der Waals surface area contributed by atoms with Gasteiger partial charge >= 0.3 is 0 Å². The van der Waals surface area contributed by atoms with E-state index in [1.165, 1.54) is 6.07 Å². The molecule has 2 rings (SSSR count). The van der Waals surface area contributed by atoms with Crippen molar-refractivity contribution >= 4 is 5.91 Å². The number of hydrogen-bond acceptors (Lipinski definition) is 2. The topological polar surface area (TPSA) is 46.3 Å².